The lowest BCUT2D eigenvalue weighted by atomic mass is 10.2. The maximum absolute atomic E-state index is 13.1. The highest BCUT2D eigenvalue weighted by Gasteiger charge is 2.13. The number of H-pyrrole nitrogens is 1. The molecule has 0 aliphatic rings. The second kappa shape index (κ2) is 7.14. The molecule has 0 unspecified atom stereocenters. The summed E-state index contributed by atoms with van der Waals surface area (Å²) in [5.41, 5.74) is 2.91. The highest BCUT2D eigenvalue weighted by atomic mass is 32.2. The number of carbonyl (C=O) groups excluding carboxylic acids is 1. The largest absolute Gasteiger partial charge is 0.338 e. The fraction of sp³-hybridized carbons (Fsp3) is 0.0476. The second-order valence-corrected chi connectivity index (χ2v) is 8.59. The first-order chi connectivity index (χ1) is 13.8. The van der Waals surface area contributed by atoms with Crippen LogP contribution in [0.25, 0.3) is 22.4 Å². The third-order valence-electron chi connectivity index (χ3n) is 4.38. The molecule has 4 aromatic rings. The highest BCUT2D eigenvalue weighted by Crippen LogP contribution is 2.23. The van der Waals surface area contributed by atoms with Gasteiger partial charge >= 0.3 is 0 Å². The number of hydrogen-bond acceptors (Lipinski definition) is 4. The van der Waals surface area contributed by atoms with Crippen LogP contribution in [0.1, 0.15) is 10.4 Å². The molecule has 2 N–H and O–H groups in total. The van der Waals surface area contributed by atoms with Crippen molar-refractivity contribution in [3.05, 3.63) is 78.1 Å². The smallest absolute Gasteiger partial charge is 0.255 e. The minimum absolute atomic E-state index is 0.0816. The van der Waals surface area contributed by atoms with Crippen molar-refractivity contribution in [1.29, 1.82) is 0 Å². The number of nitrogens with zero attached hydrogens (tertiary/aromatic N) is 1. The molecule has 1 heterocycles. The molecule has 29 heavy (non-hydrogen) atoms. The van der Waals surface area contributed by atoms with Gasteiger partial charge in [-0.05, 0) is 60.7 Å². The number of nitrogens with one attached hydrogen (secondary N) is 2. The zero-order valence-electron chi connectivity index (χ0n) is 15.3. The molecule has 0 saturated carbocycles. The molecule has 0 saturated heterocycles. The van der Waals surface area contributed by atoms with Crippen molar-refractivity contribution in [2.75, 3.05) is 11.6 Å². The maximum Gasteiger partial charge on any atom is 0.255 e. The molecule has 4 rings (SSSR count). The van der Waals surface area contributed by atoms with Gasteiger partial charge in [-0.2, -0.15) is 0 Å². The van der Waals surface area contributed by atoms with E-state index in [9.17, 15) is 17.6 Å². The Morgan fingerprint density at radius 1 is 1.03 bits per heavy atom. The van der Waals surface area contributed by atoms with Gasteiger partial charge in [0.05, 0.1) is 15.9 Å². The van der Waals surface area contributed by atoms with Crippen LogP contribution < -0.4 is 5.32 Å². The first kappa shape index (κ1) is 18.8. The third-order valence-corrected chi connectivity index (χ3v) is 5.49. The average Bonchev–Trinajstić information content (AvgIpc) is 3.11. The minimum atomic E-state index is -3.40. The van der Waals surface area contributed by atoms with Gasteiger partial charge in [0.15, 0.2) is 9.84 Å². The number of anilines is 1. The van der Waals surface area contributed by atoms with E-state index < -0.39 is 15.7 Å². The minimum Gasteiger partial charge on any atom is -0.338 e. The summed E-state index contributed by atoms with van der Waals surface area (Å²) in [7, 11) is -3.40. The van der Waals surface area contributed by atoms with Crippen molar-refractivity contribution >= 4 is 32.5 Å². The van der Waals surface area contributed by atoms with Crippen LogP contribution in [0.5, 0.6) is 0 Å². The van der Waals surface area contributed by atoms with Crippen molar-refractivity contribution in [2.45, 2.75) is 4.90 Å². The molecule has 0 radical (unpaired) electrons. The number of imidazole rings is 1. The Labute approximate surface area is 166 Å². The summed E-state index contributed by atoms with van der Waals surface area (Å²) in [6.07, 6.45) is 1.09. The molecule has 1 amide bonds. The summed E-state index contributed by atoms with van der Waals surface area (Å²) in [6.45, 7) is 0. The topological polar surface area (TPSA) is 91.9 Å². The quantitative estimate of drug-likeness (QED) is 0.532. The second-order valence-electron chi connectivity index (χ2n) is 6.58. The molecule has 0 bridgehead atoms. The van der Waals surface area contributed by atoms with Crippen molar-refractivity contribution in [3.8, 4) is 11.4 Å². The van der Waals surface area contributed by atoms with Gasteiger partial charge in [-0.25, -0.2) is 17.8 Å². The van der Waals surface area contributed by atoms with Crippen molar-refractivity contribution in [3.63, 3.8) is 0 Å². The van der Waals surface area contributed by atoms with E-state index >= 15 is 0 Å². The zero-order chi connectivity index (χ0) is 20.6. The number of hydrogen-bond donors (Lipinski definition) is 2. The van der Waals surface area contributed by atoms with E-state index in [-0.39, 0.29) is 16.3 Å². The highest BCUT2D eigenvalue weighted by molar-refractivity contribution is 7.90. The Bertz CT molecular complexity index is 1330. The lowest BCUT2D eigenvalue weighted by Crippen LogP contribution is -2.12. The number of halogens is 1. The van der Waals surface area contributed by atoms with Gasteiger partial charge in [-0.3, -0.25) is 4.79 Å². The Morgan fingerprint density at radius 2 is 1.79 bits per heavy atom. The van der Waals surface area contributed by atoms with Gasteiger partial charge in [-0.15, -0.1) is 0 Å². The number of sulfone groups is 1. The first-order valence-corrected chi connectivity index (χ1v) is 10.6. The van der Waals surface area contributed by atoms with E-state index in [1.165, 1.54) is 30.3 Å². The number of aromatic nitrogens is 2. The molecule has 6 nitrogen and oxygen atoms in total. The number of fused-ring (bicyclic) bond motifs is 1. The predicted octanol–water partition coefficient (Wildman–Crippen LogP) is 4.02. The maximum atomic E-state index is 13.1. The standard InChI is InChI=1S/C21H16FN3O3S/c1-29(27,28)17-4-2-3-14(11-17)21(26)23-16-9-10-18-19(12-16)25-20(24-18)13-5-7-15(22)8-6-13/h2-12H,1H3,(H,23,26)(H,24,25). The van der Waals surface area contributed by atoms with Crippen molar-refractivity contribution in [2.24, 2.45) is 0 Å². The molecule has 0 spiro atoms. The Balaban J connectivity index is 1.60. The SMILES string of the molecule is CS(=O)(=O)c1cccc(C(=O)Nc2ccc3nc(-c4ccc(F)cc4)[nH]c3c2)c1. The molecule has 0 atom stereocenters. The summed E-state index contributed by atoms with van der Waals surface area (Å²) in [4.78, 5) is 20.2. The van der Waals surface area contributed by atoms with E-state index in [1.807, 2.05) is 0 Å². The van der Waals surface area contributed by atoms with Crippen molar-refractivity contribution < 1.29 is 17.6 Å². The summed E-state index contributed by atoms with van der Waals surface area (Å²) >= 11 is 0. The van der Waals surface area contributed by atoms with Crippen LogP contribution in [0.4, 0.5) is 10.1 Å². The molecular formula is C21H16FN3O3S. The van der Waals surface area contributed by atoms with Crippen LogP contribution in [0.15, 0.2) is 71.6 Å². The van der Waals surface area contributed by atoms with Crippen LogP contribution >= 0.6 is 0 Å². The van der Waals surface area contributed by atoms with E-state index in [2.05, 4.69) is 15.3 Å². The van der Waals surface area contributed by atoms with Gasteiger partial charge in [-0.1, -0.05) is 6.07 Å². The lowest BCUT2D eigenvalue weighted by molar-refractivity contribution is 0.102. The first-order valence-electron chi connectivity index (χ1n) is 8.67. The van der Waals surface area contributed by atoms with Gasteiger partial charge in [0.2, 0.25) is 0 Å². The van der Waals surface area contributed by atoms with Crippen molar-refractivity contribution in [1.82, 2.24) is 9.97 Å². The average molecular weight is 409 g/mol. The van der Waals surface area contributed by atoms with Crippen LogP contribution in [-0.4, -0.2) is 30.5 Å². The number of aromatic amines is 1. The number of amides is 1. The van der Waals surface area contributed by atoms with Gasteiger partial charge in [0.25, 0.3) is 5.91 Å². The molecule has 8 heteroatoms. The molecule has 0 aliphatic carbocycles. The fourth-order valence-electron chi connectivity index (χ4n) is 2.90. The summed E-state index contributed by atoms with van der Waals surface area (Å²) in [6, 6.07) is 17.0. The normalized spacial score (nSPS) is 11.5. The summed E-state index contributed by atoms with van der Waals surface area (Å²) < 4.78 is 36.5. The number of carbonyl (C=O) groups is 1. The molecule has 3 aromatic carbocycles. The van der Waals surface area contributed by atoms with E-state index in [0.717, 1.165) is 11.8 Å². The van der Waals surface area contributed by atoms with Gasteiger partial charge in [0.1, 0.15) is 11.6 Å². The van der Waals surface area contributed by atoms with Crippen LogP contribution in [0, 0.1) is 5.82 Å². The van der Waals surface area contributed by atoms with Crippen LogP contribution in [0.3, 0.4) is 0 Å². The molecule has 1 aromatic heterocycles. The monoisotopic (exact) mass is 409 g/mol. The Hall–Kier alpha value is -3.52. The number of benzene rings is 3. The van der Waals surface area contributed by atoms with Crippen LogP contribution in [0.2, 0.25) is 0 Å². The predicted molar refractivity (Wildman–Crippen MR) is 109 cm³/mol. The van der Waals surface area contributed by atoms with Gasteiger partial charge in [0, 0.05) is 23.1 Å². The van der Waals surface area contributed by atoms with Gasteiger partial charge < -0.3 is 10.3 Å². The third kappa shape index (κ3) is 4.02. The Kier molecular flexibility index (Phi) is 4.63. The molecule has 146 valence electrons. The van der Waals surface area contributed by atoms with E-state index in [0.29, 0.717) is 22.5 Å². The molecule has 0 aliphatic heterocycles. The fourth-order valence-corrected chi connectivity index (χ4v) is 3.57. The molecular weight excluding hydrogens is 393 g/mol. The molecule has 0 fully saturated rings. The lowest BCUT2D eigenvalue weighted by Gasteiger charge is -2.06. The van der Waals surface area contributed by atoms with E-state index in [4.69, 9.17) is 0 Å². The van der Waals surface area contributed by atoms with E-state index in [1.54, 1.807) is 36.4 Å². The Morgan fingerprint density at radius 3 is 2.52 bits per heavy atom. The van der Waals surface area contributed by atoms with Crippen LogP contribution in [-0.2, 0) is 9.84 Å². The summed E-state index contributed by atoms with van der Waals surface area (Å²) in [5.74, 6) is -0.160. The number of rotatable bonds is 4. The summed E-state index contributed by atoms with van der Waals surface area (Å²) in [5, 5.41) is 2.75. The zero-order valence-corrected chi connectivity index (χ0v) is 16.1.